The predicted octanol–water partition coefficient (Wildman–Crippen LogP) is 1.11. The smallest absolute Gasteiger partial charge is 0.261 e. The summed E-state index contributed by atoms with van der Waals surface area (Å²) in [7, 11) is 1.43. The number of rotatable bonds is 5. The summed E-state index contributed by atoms with van der Waals surface area (Å²) in [5.74, 6) is -0.418. The Hall–Kier alpha value is -1.27. The number of nitrogens with two attached hydrogens (primary N) is 1. The highest BCUT2D eigenvalue weighted by atomic mass is 35.7. The van der Waals surface area contributed by atoms with E-state index in [-0.39, 0.29) is 11.5 Å². The Morgan fingerprint density at radius 3 is 2.35 bits per heavy atom. The van der Waals surface area contributed by atoms with Gasteiger partial charge in [0.15, 0.2) is 0 Å². The molecule has 0 aromatic heterocycles. The number of benzene rings is 1. The Bertz CT molecular complexity index is 498. The number of halogens is 1. The molecule has 1 rings (SSSR count). The Balaban J connectivity index is 2.67. The second-order valence-corrected chi connectivity index (χ2v) is 6.09. The van der Waals surface area contributed by atoms with Crippen molar-refractivity contribution < 1.29 is 17.9 Å². The van der Waals surface area contributed by atoms with Crippen LogP contribution in [0.1, 0.15) is 6.92 Å². The summed E-state index contributed by atoms with van der Waals surface area (Å²) in [6.07, 6.45) is 0. The van der Waals surface area contributed by atoms with Gasteiger partial charge >= 0.3 is 0 Å². The van der Waals surface area contributed by atoms with Crippen LogP contribution in [-0.4, -0.2) is 20.9 Å². The van der Waals surface area contributed by atoms with Gasteiger partial charge in [0.1, 0.15) is 5.75 Å². The van der Waals surface area contributed by atoms with E-state index in [1.807, 2.05) is 0 Å². The molecule has 0 radical (unpaired) electrons. The molecule has 0 saturated carbocycles. The molecule has 5 nitrogen and oxygen atoms in total. The summed E-state index contributed by atoms with van der Waals surface area (Å²) in [5, 5.41) is 0. The monoisotopic (exact) mass is 277 g/mol. The van der Waals surface area contributed by atoms with E-state index >= 15 is 0 Å². The fraction of sp³-hybridized carbons (Fsp3) is 0.300. The molecular formula is C10H12ClNO4S. The van der Waals surface area contributed by atoms with Crippen molar-refractivity contribution in [2.45, 2.75) is 11.8 Å². The Kier molecular flexibility index (Phi) is 4.36. The van der Waals surface area contributed by atoms with Crippen molar-refractivity contribution >= 4 is 25.6 Å². The molecule has 94 valence electrons. The van der Waals surface area contributed by atoms with Gasteiger partial charge in [0.2, 0.25) is 5.91 Å². The fourth-order valence-electron chi connectivity index (χ4n) is 1.00. The maximum atomic E-state index is 11.0. The summed E-state index contributed by atoms with van der Waals surface area (Å²) in [6.45, 7) is 1.78. The standard InChI is InChI=1S/C10H12ClNO4S/c1-7(10(12)13)6-16-8-2-4-9(5-3-8)17(11,14)15/h2-5,7H,6H2,1H3,(H2,12,13). The van der Waals surface area contributed by atoms with E-state index < -0.39 is 20.9 Å². The lowest BCUT2D eigenvalue weighted by atomic mass is 10.2. The van der Waals surface area contributed by atoms with E-state index in [4.69, 9.17) is 21.2 Å². The second-order valence-electron chi connectivity index (χ2n) is 3.52. The summed E-state index contributed by atoms with van der Waals surface area (Å²) in [4.78, 5) is 10.7. The summed E-state index contributed by atoms with van der Waals surface area (Å²) in [6, 6.07) is 5.57. The van der Waals surface area contributed by atoms with Gasteiger partial charge in [-0.2, -0.15) is 0 Å². The van der Waals surface area contributed by atoms with E-state index in [1.54, 1.807) is 6.92 Å². The molecule has 17 heavy (non-hydrogen) atoms. The predicted molar refractivity (Wildman–Crippen MR) is 63.3 cm³/mol. The number of ether oxygens (including phenoxy) is 1. The zero-order valence-corrected chi connectivity index (χ0v) is 10.7. The molecule has 0 fully saturated rings. The molecule has 7 heteroatoms. The molecule has 1 aromatic rings. The summed E-state index contributed by atoms with van der Waals surface area (Å²) in [5.41, 5.74) is 5.07. The van der Waals surface area contributed by atoms with Crippen LogP contribution >= 0.6 is 10.7 Å². The number of hydrogen-bond acceptors (Lipinski definition) is 4. The van der Waals surface area contributed by atoms with E-state index in [9.17, 15) is 13.2 Å². The third kappa shape index (κ3) is 4.24. The average Bonchev–Trinajstić information content (AvgIpc) is 2.25. The number of carbonyl (C=O) groups excluding carboxylic acids is 1. The SMILES string of the molecule is CC(COc1ccc(S(=O)(=O)Cl)cc1)C(N)=O. The summed E-state index contributed by atoms with van der Waals surface area (Å²) < 4.78 is 27.2. The molecule has 1 amide bonds. The lowest BCUT2D eigenvalue weighted by molar-refractivity contribution is -0.122. The molecule has 0 aliphatic heterocycles. The first-order chi connectivity index (χ1) is 7.80. The van der Waals surface area contributed by atoms with Crippen LogP contribution in [0.15, 0.2) is 29.2 Å². The Morgan fingerprint density at radius 1 is 1.41 bits per heavy atom. The van der Waals surface area contributed by atoms with Gasteiger partial charge in [-0.3, -0.25) is 4.79 Å². The number of hydrogen-bond donors (Lipinski definition) is 1. The van der Waals surface area contributed by atoms with Gasteiger partial charge in [-0.05, 0) is 24.3 Å². The Labute approximate surface area is 104 Å². The van der Waals surface area contributed by atoms with Crippen molar-refractivity contribution in [2.24, 2.45) is 11.7 Å². The fourth-order valence-corrected chi connectivity index (χ4v) is 1.77. The van der Waals surface area contributed by atoms with Crippen molar-refractivity contribution in [3.05, 3.63) is 24.3 Å². The first-order valence-corrected chi connectivity index (χ1v) is 7.08. The quantitative estimate of drug-likeness (QED) is 0.817. The third-order valence-electron chi connectivity index (χ3n) is 2.09. The van der Waals surface area contributed by atoms with Gasteiger partial charge in [0.05, 0.1) is 17.4 Å². The van der Waals surface area contributed by atoms with Crippen molar-refractivity contribution in [3.63, 3.8) is 0 Å². The minimum absolute atomic E-state index is 0.00512. The normalized spacial score (nSPS) is 13.1. The van der Waals surface area contributed by atoms with Crippen LogP contribution in [0.4, 0.5) is 0 Å². The Morgan fingerprint density at radius 2 is 1.94 bits per heavy atom. The molecule has 1 atom stereocenters. The van der Waals surface area contributed by atoms with Crippen LogP contribution < -0.4 is 10.5 Å². The van der Waals surface area contributed by atoms with Crippen LogP contribution in [0, 0.1) is 5.92 Å². The van der Waals surface area contributed by atoms with Crippen molar-refractivity contribution in [2.75, 3.05) is 6.61 Å². The van der Waals surface area contributed by atoms with Gasteiger partial charge in [-0.15, -0.1) is 0 Å². The highest BCUT2D eigenvalue weighted by Gasteiger charge is 2.11. The van der Waals surface area contributed by atoms with E-state index in [2.05, 4.69) is 0 Å². The van der Waals surface area contributed by atoms with Crippen LogP contribution in [0.2, 0.25) is 0 Å². The van der Waals surface area contributed by atoms with Crippen LogP contribution in [0.5, 0.6) is 5.75 Å². The molecule has 1 unspecified atom stereocenters. The van der Waals surface area contributed by atoms with Gasteiger partial charge < -0.3 is 10.5 Å². The van der Waals surface area contributed by atoms with E-state index in [0.29, 0.717) is 5.75 Å². The first kappa shape index (κ1) is 13.8. The number of primary amides is 1. The number of carbonyl (C=O) groups is 1. The van der Waals surface area contributed by atoms with Crippen molar-refractivity contribution in [3.8, 4) is 5.75 Å². The van der Waals surface area contributed by atoms with Crippen LogP contribution in [0.3, 0.4) is 0 Å². The van der Waals surface area contributed by atoms with E-state index in [0.717, 1.165) is 0 Å². The zero-order chi connectivity index (χ0) is 13.1. The largest absolute Gasteiger partial charge is 0.493 e. The summed E-state index contributed by atoms with van der Waals surface area (Å²) >= 11 is 0. The minimum atomic E-state index is -3.72. The second kappa shape index (κ2) is 5.37. The third-order valence-corrected chi connectivity index (χ3v) is 3.46. The lowest BCUT2D eigenvalue weighted by Crippen LogP contribution is -2.25. The minimum Gasteiger partial charge on any atom is -0.493 e. The molecule has 0 saturated heterocycles. The lowest BCUT2D eigenvalue weighted by Gasteiger charge is -2.09. The van der Waals surface area contributed by atoms with Crippen LogP contribution in [0.25, 0.3) is 0 Å². The van der Waals surface area contributed by atoms with Gasteiger partial charge in [-0.1, -0.05) is 6.92 Å². The van der Waals surface area contributed by atoms with Crippen molar-refractivity contribution in [1.29, 1.82) is 0 Å². The maximum absolute atomic E-state index is 11.0. The molecule has 0 bridgehead atoms. The highest BCUT2D eigenvalue weighted by Crippen LogP contribution is 2.19. The highest BCUT2D eigenvalue weighted by molar-refractivity contribution is 8.13. The zero-order valence-electron chi connectivity index (χ0n) is 9.09. The van der Waals surface area contributed by atoms with Crippen molar-refractivity contribution in [1.82, 2.24) is 0 Å². The van der Waals surface area contributed by atoms with Gasteiger partial charge in [0.25, 0.3) is 9.05 Å². The average molecular weight is 278 g/mol. The van der Waals surface area contributed by atoms with Gasteiger partial charge in [-0.25, -0.2) is 8.42 Å². The molecular weight excluding hydrogens is 266 g/mol. The molecule has 2 N–H and O–H groups in total. The van der Waals surface area contributed by atoms with Gasteiger partial charge in [0, 0.05) is 10.7 Å². The number of amides is 1. The topological polar surface area (TPSA) is 86.5 Å². The molecule has 0 aliphatic rings. The molecule has 0 aliphatic carbocycles. The molecule has 0 heterocycles. The maximum Gasteiger partial charge on any atom is 0.261 e. The first-order valence-electron chi connectivity index (χ1n) is 4.77. The van der Waals surface area contributed by atoms with E-state index in [1.165, 1.54) is 24.3 Å². The molecule has 0 spiro atoms. The molecule has 1 aromatic carbocycles. The van der Waals surface area contributed by atoms with Crippen LogP contribution in [-0.2, 0) is 13.8 Å².